The number of nitrogens with zero attached hydrogens (tertiary/aromatic N) is 7. The molecule has 26 heavy (non-hydrogen) atoms. The van der Waals surface area contributed by atoms with Gasteiger partial charge in [-0.3, -0.25) is 19.5 Å². The first-order valence-electron chi connectivity index (χ1n) is 7.94. The first kappa shape index (κ1) is 15.3. The quantitative estimate of drug-likeness (QED) is 0.533. The third kappa shape index (κ3) is 2.50. The maximum Gasteiger partial charge on any atom is 0.190 e. The molecule has 0 unspecified atom stereocenters. The second-order valence-corrected chi connectivity index (χ2v) is 6.81. The summed E-state index contributed by atoms with van der Waals surface area (Å²) in [4.78, 5) is 13.5. The topological polar surface area (TPSA) is 88.2 Å². The number of aryl methyl sites for hydroxylation is 1. The molecule has 1 aliphatic heterocycles. The van der Waals surface area contributed by atoms with Crippen LogP contribution in [0, 0.1) is 0 Å². The Hall–Kier alpha value is -2.98. The average Bonchev–Trinajstić information content (AvgIpc) is 3.35. The monoisotopic (exact) mass is 411 g/mol. The van der Waals surface area contributed by atoms with Gasteiger partial charge in [0.2, 0.25) is 0 Å². The third-order valence-corrected chi connectivity index (χ3v) is 4.77. The van der Waals surface area contributed by atoms with Crippen molar-refractivity contribution in [3.05, 3.63) is 53.3 Å². The van der Waals surface area contributed by atoms with Gasteiger partial charge in [0.05, 0.1) is 30.8 Å². The molecule has 130 valence electrons. The number of anilines is 2. The number of fused-ring (bicyclic) bond motifs is 2. The molecule has 0 saturated heterocycles. The number of hydrazine groups is 2. The first-order chi connectivity index (χ1) is 12.7. The van der Waals surface area contributed by atoms with Crippen molar-refractivity contribution in [2.45, 2.75) is 6.54 Å². The van der Waals surface area contributed by atoms with Gasteiger partial charge in [-0.2, -0.15) is 5.10 Å². The number of rotatable bonds is 3. The highest BCUT2D eigenvalue weighted by atomic mass is 79.9. The van der Waals surface area contributed by atoms with Gasteiger partial charge in [0.15, 0.2) is 11.6 Å². The van der Waals surface area contributed by atoms with Crippen LogP contribution in [-0.4, -0.2) is 29.1 Å². The van der Waals surface area contributed by atoms with E-state index < -0.39 is 0 Å². The molecule has 9 nitrogen and oxygen atoms in total. The summed E-state index contributed by atoms with van der Waals surface area (Å²) in [5, 5.41) is 6.12. The second kappa shape index (κ2) is 5.78. The van der Waals surface area contributed by atoms with Crippen LogP contribution in [0.3, 0.4) is 0 Å². The summed E-state index contributed by atoms with van der Waals surface area (Å²) in [6.45, 7) is 0.617. The predicted octanol–water partition coefficient (Wildman–Crippen LogP) is 2.14. The Morgan fingerprint density at radius 1 is 1.12 bits per heavy atom. The van der Waals surface area contributed by atoms with E-state index >= 15 is 0 Å². The van der Waals surface area contributed by atoms with Crippen LogP contribution in [0.2, 0.25) is 0 Å². The molecule has 4 aromatic rings. The zero-order valence-corrected chi connectivity index (χ0v) is 15.3. The van der Waals surface area contributed by atoms with Gasteiger partial charge in [-0.25, -0.2) is 15.0 Å². The lowest BCUT2D eigenvalue weighted by Crippen LogP contribution is -2.35. The van der Waals surface area contributed by atoms with Gasteiger partial charge in [-0.15, -0.1) is 5.53 Å². The maximum absolute atomic E-state index is 4.74. The summed E-state index contributed by atoms with van der Waals surface area (Å²) in [6, 6.07) is 4.04. The molecule has 10 heteroatoms. The number of hydrogen-bond donors (Lipinski definition) is 2. The fourth-order valence-corrected chi connectivity index (χ4v) is 3.29. The Morgan fingerprint density at radius 2 is 2.04 bits per heavy atom. The summed E-state index contributed by atoms with van der Waals surface area (Å²) >= 11 is 3.51. The standard InChI is InChI=1S/C16H14BrN9/c1-24-9-11(4-20-24)12-5-19-15-16(21-12)26(23-22-15)8-10-2-3-14-18-6-13(17)25(14)7-10/h2-7,9,23H,8H2,1H3,(H,19,22). The van der Waals surface area contributed by atoms with Crippen LogP contribution >= 0.6 is 15.9 Å². The molecule has 2 N–H and O–H groups in total. The maximum atomic E-state index is 4.74. The van der Waals surface area contributed by atoms with Gasteiger partial charge in [0.1, 0.15) is 10.3 Å². The summed E-state index contributed by atoms with van der Waals surface area (Å²) < 4.78 is 4.66. The Morgan fingerprint density at radius 3 is 2.88 bits per heavy atom. The Bertz CT molecular complexity index is 1120. The molecular formula is C16H14BrN9. The number of nitrogens with one attached hydrogen (secondary N) is 2. The van der Waals surface area contributed by atoms with Crippen molar-refractivity contribution in [1.29, 1.82) is 0 Å². The van der Waals surface area contributed by atoms with E-state index in [4.69, 9.17) is 4.98 Å². The van der Waals surface area contributed by atoms with Crippen molar-refractivity contribution in [3.63, 3.8) is 0 Å². The average molecular weight is 412 g/mol. The lowest BCUT2D eigenvalue weighted by atomic mass is 10.2. The molecule has 0 aromatic carbocycles. The van der Waals surface area contributed by atoms with Gasteiger partial charge in [0.25, 0.3) is 0 Å². The van der Waals surface area contributed by atoms with Crippen LogP contribution in [-0.2, 0) is 13.6 Å². The predicted molar refractivity (Wildman–Crippen MR) is 100 cm³/mol. The minimum atomic E-state index is 0.617. The van der Waals surface area contributed by atoms with Crippen molar-refractivity contribution in [3.8, 4) is 11.3 Å². The molecule has 0 aliphatic carbocycles. The summed E-state index contributed by atoms with van der Waals surface area (Å²) in [5.74, 6) is 1.44. The number of hydrogen-bond acceptors (Lipinski definition) is 7. The molecule has 0 fully saturated rings. The van der Waals surface area contributed by atoms with E-state index in [0.717, 1.165) is 32.9 Å². The zero-order chi connectivity index (χ0) is 17.7. The van der Waals surface area contributed by atoms with E-state index in [-0.39, 0.29) is 0 Å². The second-order valence-electron chi connectivity index (χ2n) is 6.00. The molecule has 0 radical (unpaired) electrons. The van der Waals surface area contributed by atoms with E-state index in [0.29, 0.717) is 12.4 Å². The fraction of sp³-hybridized carbons (Fsp3) is 0.125. The molecule has 0 amide bonds. The molecule has 1 aliphatic rings. The molecule has 5 rings (SSSR count). The Labute approximate surface area is 156 Å². The third-order valence-electron chi connectivity index (χ3n) is 4.18. The van der Waals surface area contributed by atoms with Crippen molar-refractivity contribution in [2.24, 2.45) is 7.05 Å². The number of halogens is 1. The van der Waals surface area contributed by atoms with E-state index in [1.54, 1.807) is 23.3 Å². The zero-order valence-electron chi connectivity index (χ0n) is 13.8. The molecule has 0 atom stereocenters. The number of aromatic nitrogens is 6. The van der Waals surface area contributed by atoms with Gasteiger partial charge in [-0.05, 0) is 27.6 Å². The van der Waals surface area contributed by atoms with Gasteiger partial charge in [0, 0.05) is 25.0 Å². The fourth-order valence-electron chi connectivity index (χ4n) is 2.91. The summed E-state index contributed by atoms with van der Waals surface area (Å²) in [5.41, 5.74) is 9.87. The van der Waals surface area contributed by atoms with Crippen molar-refractivity contribution < 1.29 is 0 Å². The van der Waals surface area contributed by atoms with Crippen LogP contribution in [0.15, 0.2) is 47.7 Å². The van der Waals surface area contributed by atoms with Crippen molar-refractivity contribution in [1.82, 2.24) is 34.7 Å². The van der Waals surface area contributed by atoms with Gasteiger partial charge < -0.3 is 0 Å². The summed E-state index contributed by atoms with van der Waals surface area (Å²) in [7, 11) is 1.88. The van der Waals surface area contributed by atoms with E-state index in [1.807, 2.05) is 41.0 Å². The molecule has 0 bridgehead atoms. The van der Waals surface area contributed by atoms with Gasteiger partial charge in [-0.1, -0.05) is 6.07 Å². The highest BCUT2D eigenvalue weighted by Gasteiger charge is 2.23. The van der Waals surface area contributed by atoms with E-state index in [1.165, 1.54) is 0 Å². The minimum Gasteiger partial charge on any atom is -0.294 e. The molecule has 5 heterocycles. The Balaban J connectivity index is 1.47. The smallest absolute Gasteiger partial charge is 0.190 e. The first-order valence-corrected chi connectivity index (χ1v) is 8.73. The molecule has 4 aromatic heterocycles. The number of pyridine rings is 1. The minimum absolute atomic E-state index is 0.617. The Kier molecular flexibility index (Phi) is 3.40. The lowest BCUT2D eigenvalue weighted by molar-refractivity contribution is 0.714. The number of imidazole rings is 1. The van der Waals surface area contributed by atoms with Crippen LogP contribution in [0.5, 0.6) is 0 Å². The normalized spacial score (nSPS) is 13.2. The highest BCUT2D eigenvalue weighted by molar-refractivity contribution is 9.10. The van der Waals surface area contributed by atoms with Gasteiger partial charge >= 0.3 is 0 Å². The van der Waals surface area contributed by atoms with Crippen molar-refractivity contribution >= 4 is 33.2 Å². The van der Waals surface area contributed by atoms with Crippen molar-refractivity contribution in [2.75, 3.05) is 10.4 Å². The SMILES string of the molecule is Cn1cc(-c2cnc3c(n2)N(Cc2ccc4ncc(Br)n4c2)NN3)cn1. The molecule has 0 saturated carbocycles. The van der Waals surface area contributed by atoms with Crippen LogP contribution in [0.1, 0.15) is 5.56 Å². The van der Waals surface area contributed by atoms with Crippen LogP contribution in [0.4, 0.5) is 11.6 Å². The van der Waals surface area contributed by atoms with Crippen LogP contribution in [0.25, 0.3) is 16.9 Å². The van der Waals surface area contributed by atoms with Crippen LogP contribution < -0.4 is 16.0 Å². The van der Waals surface area contributed by atoms with E-state index in [9.17, 15) is 0 Å². The van der Waals surface area contributed by atoms with E-state index in [2.05, 4.69) is 42.0 Å². The molecular weight excluding hydrogens is 398 g/mol. The molecule has 0 spiro atoms. The highest BCUT2D eigenvalue weighted by Crippen LogP contribution is 2.29. The lowest BCUT2D eigenvalue weighted by Gasteiger charge is -2.17. The largest absolute Gasteiger partial charge is 0.294 e. The summed E-state index contributed by atoms with van der Waals surface area (Å²) in [6.07, 6.45) is 9.27.